The summed E-state index contributed by atoms with van der Waals surface area (Å²) in [5, 5.41) is 12.0. The Kier molecular flexibility index (Phi) is 3.90. The van der Waals surface area contributed by atoms with Crippen molar-refractivity contribution in [3.05, 3.63) is 0 Å². The number of carboxylic acids is 1. The molecule has 3 unspecified atom stereocenters. The highest BCUT2D eigenvalue weighted by Crippen LogP contribution is 2.41. The fourth-order valence-electron chi connectivity index (χ4n) is 3.34. The predicted molar refractivity (Wildman–Crippen MR) is 67.2 cm³/mol. The van der Waals surface area contributed by atoms with Crippen LogP contribution in [0.3, 0.4) is 0 Å². The maximum Gasteiger partial charge on any atom is 0.308 e. The molecule has 0 aliphatic carbocycles. The number of nitrogens with one attached hydrogen (secondary N) is 1. The number of aliphatic carboxylic acids is 1. The molecule has 5 heteroatoms. The third-order valence-electron chi connectivity index (χ3n) is 4.05. The molecule has 2 bridgehead atoms. The maximum absolute atomic E-state index is 11.6. The third-order valence-corrected chi connectivity index (χ3v) is 4.05. The summed E-state index contributed by atoms with van der Waals surface area (Å²) in [5.74, 6) is -0.848. The van der Waals surface area contributed by atoms with Crippen LogP contribution in [0, 0.1) is 5.92 Å². The van der Waals surface area contributed by atoms with E-state index in [1.165, 1.54) is 0 Å². The van der Waals surface area contributed by atoms with Gasteiger partial charge in [-0.2, -0.15) is 0 Å². The van der Waals surface area contributed by atoms with Crippen LogP contribution in [0.1, 0.15) is 39.5 Å². The lowest BCUT2D eigenvalue weighted by Crippen LogP contribution is -2.37. The van der Waals surface area contributed by atoms with Gasteiger partial charge in [-0.1, -0.05) is 0 Å². The maximum atomic E-state index is 11.6. The van der Waals surface area contributed by atoms with Gasteiger partial charge in [0.1, 0.15) is 0 Å². The first kappa shape index (κ1) is 13.3. The largest absolute Gasteiger partial charge is 0.481 e. The van der Waals surface area contributed by atoms with Crippen LogP contribution in [-0.4, -0.2) is 46.6 Å². The van der Waals surface area contributed by atoms with Crippen molar-refractivity contribution in [1.29, 1.82) is 0 Å². The average molecular weight is 254 g/mol. The molecule has 0 aromatic carbocycles. The molecule has 2 aliphatic rings. The molecule has 2 fully saturated rings. The number of carbonyl (C=O) groups excluding carboxylic acids is 1. The van der Waals surface area contributed by atoms with Gasteiger partial charge in [-0.15, -0.1) is 0 Å². The molecule has 1 amide bonds. The second-order valence-electron chi connectivity index (χ2n) is 5.69. The van der Waals surface area contributed by atoms with Gasteiger partial charge < -0.3 is 10.4 Å². The van der Waals surface area contributed by atoms with E-state index in [1.807, 2.05) is 13.8 Å². The molecule has 5 nitrogen and oxygen atoms in total. The van der Waals surface area contributed by atoms with Gasteiger partial charge >= 0.3 is 5.97 Å². The Hall–Kier alpha value is -1.10. The molecule has 0 radical (unpaired) electrons. The first-order valence-electron chi connectivity index (χ1n) is 6.77. The molecule has 18 heavy (non-hydrogen) atoms. The summed E-state index contributed by atoms with van der Waals surface area (Å²) in [5.41, 5.74) is 0. The Morgan fingerprint density at radius 2 is 2.11 bits per heavy atom. The molecule has 0 saturated carbocycles. The van der Waals surface area contributed by atoms with Gasteiger partial charge in [0.15, 0.2) is 0 Å². The van der Waals surface area contributed by atoms with E-state index in [-0.39, 0.29) is 23.9 Å². The highest BCUT2D eigenvalue weighted by molar-refractivity contribution is 5.76. The highest BCUT2D eigenvalue weighted by Gasteiger charge is 2.48. The Morgan fingerprint density at radius 3 is 2.67 bits per heavy atom. The van der Waals surface area contributed by atoms with E-state index in [2.05, 4.69) is 10.2 Å². The summed E-state index contributed by atoms with van der Waals surface area (Å²) < 4.78 is 0. The number of carbonyl (C=O) groups is 2. The Balaban J connectivity index is 1.84. The Bertz CT molecular complexity index is 343. The van der Waals surface area contributed by atoms with Crippen LogP contribution < -0.4 is 5.32 Å². The molecule has 0 aromatic heterocycles. The zero-order valence-corrected chi connectivity index (χ0v) is 11.1. The van der Waals surface area contributed by atoms with Gasteiger partial charge in [-0.25, -0.2) is 0 Å². The molecule has 2 N–H and O–H groups in total. The predicted octanol–water partition coefficient (Wildman–Crippen LogP) is 0.839. The van der Waals surface area contributed by atoms with Crippen molar-refractivity contribution in [2.45, 2.75) is 57.7 Å². The highest BCUT2D eigenvalue weighted by atomic mass is 16.4. The van der Waals surface area contributed by atoms with Crippen molar-refractivity contribution in [1.82, 2.24) is 10.2 Å². The van der Waals surface area contributed by atoms with Crippen molar-refractivity contribution in [3.63, 3.8) is 0 Å². The molecule has 2 heterocycles. The van der Waals surface area contributed by atoms with Crippen LogP contribution in [0.25, 0.3) is 0 Å². The van der Waals surface area contributed by atoms with Crippen molar-refractivity contribution in [3.8, 4) is 0 Å². The topological polar surface area (TPSA) is 69.6 Å². The lowest BCUT2D eigenvalue weighted by atomic mass is 9.89. The first-order valence-corrected chi connectivity index (χ1v) is 6.77. The van der Waals surface area contributed by atoms with Crippen LogP contribution in [0.4, 0.5) is 0 Å². The van der Waals surface area contributed by atoms with Gasteiger partial charge in [0.2, 0.25) is 5.91 Å². The monoisotopic (exact) mass is 254 g/mol. The van der Waals surface area contributed by atoms with E-state index in [9.17, 15) is 9.59 Å². The molecule has 2 aliphatic heterocycles. The average Bonchev–Trinajstić information content (AvgIpc) is 2.81. The quantitative estimate of drug-likeness (QED) is 0.762. The summed E-state index contributed by atoms with van der Waals surface area (Å²) in [7, 11) is 0. The minimum Gasteiger partial charge on any atom is -0.481 e. The summed E-state index contributed by atoms with van der Waals surface area (Å²) >= 11 is 0. The third kappa shape index (κ3) is 2.66. The zero-order valence-electron chi connectivity index (χ0n) is 11.1. The van der Waals surface area contributed by atoms with Gasteiger partial charge in [-0.3, -0.25) is 14.5 Å². The van der Waals surface area contributed by atoms with Crippen molar-refractivity contribution in [2.24, 2.45) is 5.92 Å². The van der Waals surface area contributed by atoms with Crippen LogP contribution >= 0.6 is 0 Å². The van der Waals surface area contributed by atoms with E-state index < -0.39 is 5.97 Å². The smallest absolute Gasteiger partial charge is 0.308 e. The van der Waals surface area contributed by atoms with Crippen molar-refractivity contribution < 1.29 is 14.7 Å². The van der Waals surface area contributed by atoms with E-state index >= 15 is 0 Å². The van der Waals surface area contributed by atoms with Crippen molar-refractivity contribution >= 4 is 11.9 Å². The van der Waals surface area contributed by atoms with E-state index in [1.54, 1.807) is 0 Å². The number of carboxylic acid groups (broad SMARTS) is 1. The Morgan fingerprint density at radius 1 is 1.39 bits per heavy atom. The van der Waals surface area contributed by atoms with Gasteiger partial charge in [-0.05, 0) is 33.1 Å². The second-order valence-corrected chi connectivity index (χ2v) is 5.69. The lowest BCUT2D eigenvalue weighted by molar-refractivity contribution is -0.142. The summed E-state index contributed by atoms with van der Waals surface area (Å²) in [6.45, 7) is 4.58. The summed E-state index contributed by atoms with van der Waals surface area (Å²) in [6, 6.07) is 0.696. The Labute approximate surface area is 108 Å². The van der Waals surface area contributed by atoms with Crippen LogP contribution in [-0.2, 0) is 9.59 Å². The van der Waals surface area contributed by atoms with Gasteiger partial charge in [0, 0.05) is 31.1 Å². The molecule has 2 saturated heterocycles. The molecular weight excluding hydrogens is 232 g/mol. The SMILES string of the molecule is CC(C)NC(=O)CCN1C2CCC1C(C(=O)O)C2. The van der Waals surface area contributed by atoms with Crippen LogP contribution in [0.2, 0.25) is 0 Å². The molecule has 2 rings (SSSR count). The minimum atomic E-state index is -0.682. The molecule has 3 atom stereocenters. The zero-order chi connectivity index (χ0) is 13.3. The molecule has 0 spiro atoms. The minimum absolute atomic E-state index is 0.0585. The fraction of sp³-hybridized carbons (Fsp3) is 0.846. The lowest BCUT2D eigenvalue weighted by Gasteiger charge is -2.22. The summed E-state index contributed by atoms with van der Waals surface area (Å²) in [4.78, 5) is 25.0. The van der Waals surface area contributed by atoms with Crippen LogP contribution in [0.15, 0.2) is 0 Å². The number of rotatable bonds is 5. The van der Waals surface area contributed by atoms with Gasteiger partial charge in [0.25, 0.3) is 0 Å². The fourth-order valence-corrected chi connectivity index (χ4v) is 3.34. The standard InChI is InChI=1S/C13H22N2O3/c1-8(2)14-12(16)5-6-15-9-3-4-11(15)10(7-9)13(17)18/h8-11H,3-7H2,1-2H3,(H,14,16)(H,17,18). The molecular formula is C13H22N2O3. The van der Waals surface area contributed by atoms with E-state index in [4.69, 9.17) is 5.11 Å². The normalized spacial score (nSPS) is 30.9. The number of hydrogen-bond acceptors (Lipinski definition) is 3. The molecule has 0 aromatic rings. The summed E-state index contributed by atoms with van der Waals surface area (Å²) in [6.07, 6.45) is 3.27. The number of fused-ring (bicyclic) bond motifs is 2. The van der Waals surface area contributed by atoms with E-state index in [0.29, 0.717) is 19.0 Å². The van der Waals surface area contributed by atoms with Gasteiger partial charge in [0.05, 0.1) is 5.92 Å². The van der Waals surface area contributed by atoms with E-state index in [0.717, 1.165) is 19.3 Å². The number of amides is 1. The van der Waals surface area contributed by atoms with Crippen molar-refractivity contribution in [2.75, 3.05) is 6.54 Å². The number of nitrogens with zero attached hydrogens (tertiary/aromatic N) is 1. The second kappa shape index (κ2) is 5.26. The number of hydrogen-bond donors (Lipinski definition) is 2. The molecule has 102 valence electrons. The van der Waals surface area contributed by atoms with Crippen LogP contribution in [0.5, 0.6) is 0 Å². The first-order chi connectivity index (χ1) is 8.49.